The Morgan fingerprint density at radius 3 is 2.50 bits per heavy atom. The number of ether oxygens (including phenoxy) is 1. The van der Waals surface area contributed by atoms with Gasteiger partial charge in [-0.25, -0.2) is 4.79 Å². The average molecular weight is 477 g/mol. The van der Waals surface area contributed by atoms with Crippen molar-refractivity contribution in [2.75, 3.05) is 12.3 Å². The number of nitrogens with zero attached hydrogens (tertiary/aromatic N) is 2. The number of anilines is 1. The maximum Gasteiger partial charge on any atom is 0.349 e. The third-order valence-electron chi connectivity index (χ3n) is 5.35. The van der Waals surface area contributed by atoms with Crippen LogP contribution in [-0.4, -0.2) is 85.1 Å². The van der Waals surface area contributed by atoms with Crippen molar-refractivity contribution in [3.05, 3.63) is 58.6 Å². The number of benzene rings is 1. The molecule has 1 aromatic heterocycles. The van der Waals surface area contributed by atoms with Crippen LogP contribution in [0.1, 0.15) is 5.56 Å². The van der Waals surface area contributed by atoms with Crippen LogP contribution in [0.5, 0.6) is 0 Å². The molecule has 0 bridgehead atoms. The van der Waals surface area contributed by atoms with Gasteiger partial charge in [0.15, 0.2) is 6.29 Å². The van der Waals surface area contributed by atoms with Crippen molar-refractivity contribution in [2.24, 2.45) is 0 Å². The second-order valence-corrected chi connectivity index (χ2v) is 7.84. The van der Waals surface area contributed by atoms with Crippen molar-refractivity contribution in [3.8, 4) is 0 Å². The van der Waals surface area contributed by atoms with Gasteiger partial charge in [-0.1, -0.05) is 30.3 Å². The first-order valence-corrected chi connectivity index (χ1v) is 10.5. The molecule has 1 aliphatic heterocycles. The summed E-state index contributed by atoms with van der Waals surface area (Å²) in [5, 5.41) is 44.6. The van der Waals surface area contributed by atoms with Gasteiger partial charge in [0.05, 0.1) is 6.61 Å². The molecule has 13 heteroatoms. The molecule has 1 aliphatic rings. The first-order chi connectivity index (χ1) is 16.2. The van der Waals surface area contributed by atoms with Gasteiger partial charge in [-0.15, -0.1) is 0 Å². The minimum Gasteiger partial charge on any atom is -0.394 e. The molecule has 184 valence electrons. The first-order valence-electron chi connectivity index (χ1n) is 10.5. The predicted molar refractivity (Wildman–Crippen MR) is 117 cm³/mol. The zero-order chi connectivity index (χ0) is 24.8. The molecule has 0 saturated carbocycles. The summed E-state index contributed by atoms with van der Waals surface area (Å²) in [4.78, 5) is 41.1. The van der Waals surface area contributed by atoms with Gasteiger partial charge in [-0.3, -0.25) is 14.2 Å². The van der Waals surface area contributed by atoms with E-state index in [9.17, 15) is 34.8 Å². The van der Waals surface area contributed by atoms with Crippen molar-refractivity contribution in [1.29, 1.82) is 0 Å². The molecule has 2 heterocycles. The molecule has 8 N–H and O–H groups in total. The highest BCUT2D eigenvalue weighted by Crippen LogP contribution is 2.20. The highest BCUT2D eigenvalue weighted by Gasteiger charge is 2.44. The number of aliphatic hydroxyl groups excluding tert-OH is 4. The molecule has 13 nitrogen and oxygen atoms in total. The third kappa shape index (κ3) is 6.15. The van der Waals surface area contributed by atoms with Gasteiger partial charge in [0.2, 0.25) is 11.8 Å². The average Bonchev–Trinajstić information content (AvgIpc) is 2.81. The van der Waals surface area contributed by atoms with Crippen LogP contribution in [0.2, 0.25) is 0 Å². The van der Waals surface area contributed by atoms with Crippen molar-refractivity contribution in [1.82, 2.24) is 20.2 Å². The number of hydrogen-bond donors (Lipinski definition) is 7. The van der Waals surface area contributed by atoms with E-state index >= 15 is 0 Å². The zero-order valence-corrected chi connectivity index (χ0v) is 18.0. The van der Waals surface area contributed by atoms with Gasteiger partial charge in [0, 0.05) is 12.6 Å². The molecule has 2 amide bonds. The van der Waals surface area contributed by atoms with Crippen molar-refractivity contribution in [3.63, 3.8) is 0 Å². The van der Waals surface area contributed by atoms with E-state index in [4.69, 9.17) is 10.5 Å². The van der Waals surface area contributed by atoms with Crippen molar-refractivity contribution in [2.45, 2.75) is 49.7 Å². The highest BCUT2D eigenvalue weighted by atomic mass is 16.6. The van der Waals surface area contributed by atoms with E-state index < -0.39 is 67.3 Å². The number of rotatable bonds is 8. The van der Waals surface area contributed by atoms with E-state index in [1.54, 1.807) is 30.3 Å². The third-order valence-corrected chi connectivity index (χ3v) is 5.35. The van der Waals surface area contributed by atoms with Crippen LogP contribution in [0.3, 0.4) is 0 Å². The molecule has 6 atom stereocenters. The molecule has 2 aromatic rings. The lowest BCUT2D eigenvalue weighted by Gasteiger charge is -2.40. The Hall–Kier alpha value is -3.36. The fourth-order valence-electron chi connectivity index (χ4n) is 3.53. The van der Waals surface area contributed by atoms with Gasteiger partial charge in [0.1, 0.15) is 42.8 Å². The molecule has 1 saturated heterocycles. The quantitative estimate of drug-likeness (QED) is 0.199. The number of carbonyl (C=O) groups is 2. The Labute approximate surface area is 193 Å². The Kier molecular flexibility index (Phi) is 8.31. The Morgan fingerprint density at radius 2 is 1.85 bits per heavy atom. The van der Waals surface area contributed by atoms with Crippen molar-refractivity contribution >= 4 is 17.6 Å². The van der Waals surface area contributed by atoms with E-state index in [0.717, 1.165) is 4.57 Å². The van der Waals surface area contributed by atoms with E-state index in [0.29, 0.717) is 5.56 Å². The summed E-state index contributed by atoms with van der Waals surface area (Å²) in [6, 6.07) is 7.51. The fraction of sp³-hybridized carbons (Fsp3) is 0.429. The molecule has 1 aromatic carbocycles. The lowest BCUT2D eigenvalue weighted by atomic mass is 9.96. The van der Waals surface area contributed by atoms with E-state index in [1.807, 2.05) is 0 Å². The standard InChI is InChI=1S/C21H27N5O8/c22-14-6-7-26(21(33)24-14)9-15(28)23-12(8-11-4-2-1-3-5-11)19(31)25-16-18(30)17(29)13(10-27)34-20(16)32/h1-7,12-13,16-18,20,27,29-30,32H,8-10H2,(H,23,28)(H,25,31)(H2,22,24,33)/t12?,13?,16-,17-,18?,20?/m1/s1. The van der Waals surface area contributed by atoms with Crippen LogP contribution in [0, 0.1) is 0 Å². The summed E-state index contributed by atoms with van der Waals surface area (Å²) in [6.45, 7) is -1.08. The molecular weight excluding hydrogens is 450 g/mol. The minimum absolute atomic E-state index is 0.000399. The second kappa shape index (κ2) is 11.2. The van der Waals surface area contributed by atoms with Gasteiger partial charge in [0.25, 0.3) is 0 Å². The number of aromatic nitrogens is 2. The summed E-state index contributed by atoms with van der Waals surface area (Å²) < 4.78 is 6.06. The number of amides is 2. The van der Waals surface area contributed by atoms with Gasteiger partial charge in [-0.05, 0) is 11.6 Å². The summed E-state index contributed by atoms with van der Waals surface area (Å²) in [5.74, 6) is -1.45. The lowest BCUT2D eigenvalue weighted by Crippen LogP contribution is -2.66. The summed E-state index contributed by atoms with van der Waals surface area (Å²) in [6.07, 6.45) is -4.81. The Balaban J connectivity index is 1.75. The van der Waals surface area contributed by atoms with Crippen LogP contribution < -0.4 is 22.1 Å². The fourth-order valence-corrected chi connectivity index (χ4v) is 3.53. The summed E-state index contributed by atoms with van der Waals surface area (Å²) >= 11 is 0. The van der Waals surface area contributed by atoms with Gasteiger partial charge < -0.3 is 41.5 Å². The maximum atomic E-state index is 13.0. The Morgan fingerprint density at radius 1 is 1.15 bits per heavy atom. The summed E-state index contributed by atoms with van der Waals surface area (Å²) in [7, 11) is 0. The van der Waals surface area contributed by atoms with Crippen LogP contribution in [-0.2, 0) is 27.3 Å². The van der Waals surface area contributed by atoms with E-state index in [-0.39, 0.29) is 12.2 Å². The number of carbonyl (C=O) groups excluding carboxylic acids is 2. The Bertz CT molecular complexity index is 1050. The molecule has 0 radical (unpaired) electrons. The van der Waals surface area contributed by atoms with Crippen molar-refractivity contribution < 1.29 is 34.8 Å². The van der Waals surface area contributed by atoms with Crippen LogP contribution >= 0.6 is 0 Å². The molecule has 1 fully saturated rings. The molecular formula is C21H27N5O8. The topological polar surface area (TPSA) is 209 Å². The number of nitrogens with one attached hydrogen (secondary N) is 2. The minimum atomic E-state index is -1.72. The molecule has 0 spiro atoms. The van der Waals surface area contributed by atoms with E-state index in [2.05, 4.69) is 15.6 Å². The lowest BCUT2D eigenvalue weighted by molar-refractivity contribution is -0.254. The monoisotopic (exact) mass is 477 g/mol. The van der Waals surface area contributed by atoms with Gasteiger partial charge >= 0.3 is 5.69 Å². The maximum absolute atomic E-state index is 13.0. The highest BCUT2D eigenvalue weighted by molar-refractivity contribution is 5.88. The molecule has 34 heavy (non-hydrogen) atoms. The normalized spacial score (nSPS) is 25.4. The predicted octanol–water partition coefficient (Wildman–Crippen LogP) is -3.53. The number of nitrogen functional groups attached to an aromatic ring is 1. The van der Waals surface area contributed by atoms with E-state index in [1.165, 1.54) is 12.3 Å². The number of nitrogens with two attached hydrogens (primary N) is 1. The zero-order valence-electron chi connectivity index (χ0n) is 18.0. The molecule has 0 aliphatic carbocycles. The number of hydrogen-bond acceptors (Lipinski definition) is 10. The SMILES string of the molecule is Nc1ccn(CC(=O)NC(Cc2ccccc2)C(=O)N[C@H]2C(O)OC(CO)[C@@H](O)C2O)c(=O)n1. The first kappa shape index (κ1) is 25.3. The second-order valence-electron chi connectivity index (χ2n) is 7.84. The molecule has 4 unspecified atom stereocenters. The molecule has 3 rings (SSSR count). The van der Waals surface area contributed by atoms with Crippen LogP contribution in [0.4, 0.5) is 5.82 Å². The largest absolute Gasteiger partial charge is 0.394 e. The smallest absolute Gasteiger partial charge is 0.349 e. The van der Waals surface area contributed by atoms with Crippen LogP contribution in [0.25, 0.3) is 0 Å². The number of aliphatic hydroxyl groups is 4. The van der Waals surface area contributed by atoms with Crippen LogP contribution in [0.15, 0.2) is 47.4 Å². The van der Waals surface area contributed by atoms with Gasteiger partial charge in [-0.2, -0.15) is 4.98 Å². The summed E-state index contributed by atoms with van der Waals surface area (Å²) in [5.41, 5.74) is 5.41.